The summed E-state index contributed by atoms with van der Waals surface area (Å²) in [6, 6.07) is 10.2. The van der Waals surface area contributed by atoms with Crippen molar-refractivity contribution in [2.24, 2.45) is 0 Å². The monoisotopic (exact) mass is 459 g/mol. The van der Waals surface area contributed by atoms with E-state index in [1.54, 1.807) is 18.2 Å². The highest BCUT2D eigenvalue weighted by Crippen LogP contribution is 2.28. The molecule has 0 saturated heterocycles. The number of anilines is 2. The number of fused-ring (bicyclic) bond motifs is 1. The Morgan fingerprint density at radius 1 is 1.12 bits per heavy atom. The van der Waals surface area contributed by atoms with Gasteiger partial charge in [0.05, 0.1) is 6.54 Å². The van der Waals surface area contributed by atoms with Gasteiger partial charge in [0, 0.05) is 24.0 Å². The number of rotatable bonds is 7. The second kappa shape index (κ2) is 9.58. The number of halogens is 4. The fraction of sp³-hybridized carbons (Fsp3) is 0.250. The summed E-state index contributed by atoms with van der Waals surface area (Å²) in [6.45, 7) is -0.694. The molecule has 2 N–H and O–H groups in total. The minimum Gasteiger partial charge on any atom is -0.389 e. The van der Waals surface area contributed by atoms with Gasteiger partial charge in [-0.1, -0.05) is 6.07 Å². The summed E-state index contributed by atoms with van der Waals surface area (Å²) < 4.78 is 53.5. The van der Waals surface area contributed by atoms with Crippen LogP contribution in [0.25, 0.3) is 0 Å². The van der Waals surface area contributed by atoms with Crippen LogP contribution in [0.1, 0.15) is 27.0 Å². The zero-order valence-corrected chi connectivity index (χ0v) is 17.5. The van der Waals surface area contributed by atoms with Gasteiger partial charge in [0.2, 0.25) is 0 Å². The van der Waals surface area contributed by atoms with E-state index < -0.39 is 36.1 Å². The molecule has 0 spiro atoms. The second-order valence-electron chi connectivity index (χ2n) is 7.80. The van der Waals surface area contributed by atoms with Gasteiger partial charge in [-0.05, 0) is 65.9 Å². The third-order valence-corrected chi connectivity index (χ3v) is 5.45. The van der Waals surface area contributed by atoms with Gasteiger partial charge in [-0.25, -0.2) is 22.5 Å². The van der Waals surface area contributed by atoms with Crippen LogP contribution in [0.2, 0.25) is 0 Å². The van der Waals surface area contributed by atoms with Gasteiger partial charge in [0.25, 0.3) is 5.91 Å². The fourth-order valence-electron chi connectivity index (χ4n) is 3.89. The lowest BCUT2D eigenvalue weighted by Crippen LogP contribution is -2.39. The Kier molecular flexibility index (Phi) is 6.60. The normalized spacial score (nSPS) is 13.4. The molecule has 0 radical (unpaired) electrons. The van der Waals surface area contributed by atoms with Crippen molar-refractivity contribution in [1.29, 1.82) is 0 Å². The SMILES string of the molecule is O=C(c1cccc2c1CCN2)N(CC(O)CF)c1cc(Cc2cc(F)c(F)c(F)c2)ccn1. The average Bonchev–Trinajstić information content (AvgIpc) is 3.29. The molecule has 33 heavy (non-hydrogen) atoms. The van der Waals surface area contributed by atoms with E-state index in [1.165, 1.54) is 17.2 Å². The fourth-order valence-corrected chi connectivity index (χ4v) is 3.89. The van der Waals surface area contributed by atoms with Crippen molar-refractivity contribution < 1.29 is 27.5 Å². The molecular weight excluding hydrogens is 438 g/mol. The van der Waals surface area contributed by atoms with Gasteiger partial charge in [-0.2, -0.15) is 0 Å². The van der Waals surface area contributed by atoms with Crippen LogP contribution in [-0.2, 0) is 12.8 Å². The third kappa shape index (κ3) is 4.83. The quantitative estimate of drug-likeness (QED) is 0.414. The molecule has 1 atom stereocenters. The number of alkyl halides is 1. The standard InChI is InChI=1S/C24H21F4N3O2/c25-12-16(32)13-31(24(33)18-2-1-3-21-17(18)5-7-29-21)22-11-14(4-6-30-22)8-15-9-19(26)23(28)20(27)10-15/h1-4,6,9-11,16,29,32H,5,7-8,12-13H2. The highest BCUT2D eigenvalue weighted by molar-refractivity contribution is 6.07. The van der Waals surface area contributed by atoms with Crippen molar-refractivity contribution in [3.63, 3.8) is 0 Å². The van der Waals surface area contributed by atoms with Crippen molar-refractivity contribution in [3.05, 3.63) is 88.4 Å². The van der Waals surface area contributed by atoms with Crippen molar-refractivity contribution in [2.75, 3.05) is 30.0 Å². The zero-order chi connectivity index (χ0) is 23.5. The van der Waals surface area contributed by atoms with Crippen LogP contribution in [0.3, 0.4) is 0 Å². The molecule has 1 aromatic heterocycles. The second-order valence-corrected chi connectivity index (χ2v) is 7.80. The minimum atomic E-state index is -1.55. The first-order chi connectivity index (χ1) is 15.9. The number of nitrogens with one attached hydrogen (secondary N) is 1. The molecule has 9 heteroatoms. The molecule has 2 heterocycles. The zero-order valence-electron chi connectivity index (χ0n) is 17.5. The Labute approximate surface area is 187 Å². The predicted molar refractivity (Wildman–Crippen MR) is 116 cm³/mol. The number of hydrogen-bond acceptors (Lipinski definition) is 4. The molecule has 0 bridgehead atoms. The molecular formula is C24H21F4N3O2. The summed E-state index contributed by atoms with van der Waals surface area (Å²) in [5.74, 6) is -4.44. The van der Waals surface area contributed by atoms with Gasteiger partial charge in [0.15, 0.2) is 17.5 Å². The van der Waals surface area contributed by atoms with Gasteiger partial charge >= 0.3 is 0 Å². The van der Waals surface area contributed by atoms with E-state index in [0.29, 0.717) is 24.1 Å². The summed E-state index contributed by atoms with van der Waals surface area (Å²) in [4.78, 5) is 18.8. The van der Waals surface area contributed by atoms with Gasteiger partial charge < -0.3 is 10.4 Å². The predicted octanol–water partition coefficient (Wildman–Crippen LogP) is 4.03. The molecule has 1 aliphatic rings. The molecule has 2 aromatic carbocycles. The highest BCUT2D eigenvalue weighted by Gasteiger charge is 2.26. The smallest absolute Gasteiger partial charge is 0.259 e. The lowest BCUT2D eigenvalue weighted by atomic mass is 10.0. The van der Waals surface area contributed by atoms with Crippen LogP contribution in [-0.4, -0.2) is 41.9 Å². The largest absolute Gasteiger partial charge is 0.389 e. The lowest BCUT2D eigenvalue weighted by molar-refractivity contribution is 0.0945. The summed E-state index contributed by atoms with van der Waals surface area (Å²) in [7, 11) is 0. The minimum absolute atomic E-state index is 0.0436. The maximum absolute atomic E-state index is 13.6. The molecule has 0 aliphatic carbocycles. The summed E-state index contributed by atoms with van der Waals surface area (Å²) >= 11 is 0. The Balaban J connectivity index is 1.67. The van der Waals surface area contributed by atoms with Crippen LogP contribution < -0.4 is 10.2 Å². The molecule has 1 unspecified atom stereocenters. The number of aliphatic hydroxyl groups excluding tert-OH is 1. The Morgan fingerprint density at radius 2 is 1.88 bits per heavy atom. The van der Waals surface area contributed by atoms with Gasteiger partial charge in [-0.15, -0.1) is 0 Å². The number of amides is 1. The molecule has 5 nitrogen and oxygen atoms in total. The summed E-state index contributed by atoms with van der Waals surface area (Å²) in [6.07, 6.45) is 0.669. The van der Waals surface area contributed by atoms with Crippen LogP contribution in [0.4, 0.5) is 29.1 Å². The maximum Gasteiger partial charge on any atom is 0.259 e. The average molecular weight is 459 g/mol. The Morgan fingerprint density at radius 3 is 2.61 bits per heavy atom. The van der Waals surface area contributed by atoms with Crippen LogP contribution >= 0.6 is 0 Å². The number of carbonyl (C=O) groups excluding carboxylic acids is 1. The molecule has 4 rings (SSSR count). The first-order valence-electron chi connectivity index (χ1n) is 10.4. The van der Waals surface area contributed by atoms with Crippen LogP contribution in [0.15, 0.2) is 48.7 Å². The van der Waals surface area contributed by atoms with E-state index in [4.69, 9.17) is 0 Å². The number of pyridine rings is 1. The number of hydrogen-bond donors (Lipinski definition) is 2. The molecule has 0 fully saturated rings. The van der Waals surface area contributed by atoms with Gasteiger partial charge in [0.1, 0.15) is 18.6 Å². The van der Waals surface area contributed by atoms with E-state index in [2.05, 4.69) is 10.3 Å². The first kappa shape index (κ1) is 22.7. The molecule has 1 aliphatic heterocycles. The van der Waals surface area contributed by atoms with Crippen LogP contribution in [0, 0.1) is 17.5 Å². The summed E-state index contributed by atoms with van der Waals surface area (Å²) in [5.41, 5.74) is 2.82. The lowest BCUT2D eigenvalue weighted by Gasteiger charge is -2.25. The van der Waals surface area contributed by atoms with Gasteiger partial charge in [-0.3, -0.25) is 9.69 Å². The van der Waals surface area contributed by atoms with Crippen molar-refractivity contribution in [1.82, 2.24) is 4.98 Å². The molecule has 172 valence electrons. The molecule has 3 aromatic rings. The van der Waals surface area contributed by atoms with Crippen molar-refractivity contribution in [3.8, 4) is 0 Å². The topological polar surface area (TPSA) is 65.5 Å². The third-order valence-electron chi connectivity index (χ3n) is 5.45. The number of aliphatic hydroxyl groups is 1. The summed E-state index contributed by atoms with van der Waals surface area (Å²) in [5, 5.41) is 13.1. The maximum atomic E-state index is 13.6. The number of nitrogens with zero attached hydrogens (tertiary/aromatic N) is 2. The van der Waals surface area contributed by atoms with E-state index in [0.717, 1.165) is 23.4 Å². The molecule has 0 saturated carbocycles. The first-order valence-corrected chi connectivity index (χ1v) is 10.4. The van der Waals surface area contributed by atoms with Crippen molar-refractivity contribution >= 4 is 17.4 Å². The van der Waals surface area contributed by atoms with Crippen molar-refractivity contribution in [2.45, 2.75) is 18.9 Å². The number of aromatic nitrogens is 1. The van der Waals surface area contributed by atoms with Crippen LogP contribution in [0.5, 0.6) is 0 Å². The van der Waals surface area contributed by atoms with E-state index >= 15 is 0 Å². The number of benzene rings is 2. The van der Waals surface area contributed by atoms with E-state index in [1.807, 2.05) is 6.07 Å². The Bertz CT molecular complexity index is 1170. The Hall–Kier alpha value is -3.46. The number of carbonyl (C=O) groups is 1. The highest BCUT2D eigenvalue weighted by atomic mass is 19.2. The van der Waals surface area contributed by atoms with E-state index in [-0.39, 0.29) is 24.3 Å². The molecule has 1 amide bonds. The van der Waals surface area contributed by atoms with E-state index in [9.17, 15) is 27.5 Å².